The Kier molecular flexibility index (Phi) is 6.31. The van der Waals surface area contributed by atoms with Crippen LogP contribution in [0.1, 0.15) is 94.6 Å². The summed E-state index contributed by atoms with van der Waals surface area (Å²) < 4.78 is 0.776. The van der Waals surface area contributed by atoms with Crippen molar-refractivity contribution in [1.29, 1.82) is 5.26 Å². The van der Waals surface area contributed by atoms with Crippen molar-refractivity contribution in [3.8, 4) is 6.07 Å². The van der Waals surface area contributed by atoms with E-state index in [0.717, 1.165) is 42.1 Å². The third-order valence-corrected chi connectivity index (χ3v) is 7.92. The van der Waals surface area contributed by atoms with E-state index in [9.17, 15) is 15.2 Å². The molecule has 0 aromatic heterocycles. The lowest BCUT2D eigenvalue weighted by Gasteiger charge is -2.56. The Morgan fingerprint density at radius 2 is 1.93 bits per heavy atom. The van der Waals surface area contributed by atoms with Crippen molar-refractivity contribution < 1.29 is 9.90 Å². The minimum absolute atomic E-state index is 0.0529. The quantitative estimate of drug-likeness (QED) is 0.460. The summed E-state index contributed by atoms with van der Waals surface area (Å²) >= 11 is 3.49. The molecule has 0 heterocycles. The van der Waals surface area contributed by atoms with E-state index in [1.807, 2.05) is 18.2 Å². The summed E-state index contributed by atoms with van der Waals surface area (Å²) in [6, 6.07) is 7.98. The Hall–Kier alpha value is -1.34. The second-order valence-corrected chi connectivity index (χ2v) is 9.59. The lowest BCUT2D eigenvalue weighted by atomic mass is 9.47. The molecule has 3 nitrogen and oxygen atoms in total. The zero-order valence-electron chi connectivity index (χ0n) is 16.3. The molecule has 1 aromatic rings. The molecule has 0 radical (unpaired) electrons. The highest BCUT2D eigenvalue weighted by atomic mass is 79.9. The van der Waals surface area contributed by atoms with Gasteiger partial charge in [-0.05, 0) is 77.6 Å². The average molecular weight is 432 g/mol. The van der Waals surface area contributed by atoms with Crippen molar-refractivity contribution in [2.45, 2.75) is 83.5 Å². The second-order valence-electron chi connectivity index (χ2n) is 8.73. The van der Waals surface area contributed by atoms with Gasteiger partial charge in [-0.2, -0.15) is 5.26 Å². The van der Waals surface area contributed by atoms with Gasteiger partial charge in [0.15, 0.2) is 0 Å². The standard InChI is InChI=1S/C23H30BrNO2/c1-2-3-4-5-6-9-22-10-12-23(13-11-22,21(26)27)19(15-22)17-7-8-18(16-25)20(24)14-17/h7-8,14,19H,2-6,9-13,15H2,1H3,(H,26,27). The van der Waals surface area contributed by atoms with E-state index in [0.29, 0.717) is 11.0 Å². The Bertz CT molecular complexity index is 728. The van der Waals surface area contributed by atoms with E-state index in [1.54, 1.807) is 0 Å². The Morgan fingerprint density at radius 1 is 1.22 bits per heavy atom. The van der Waals surface area contributed by atoms with Crippen LogP contribution in [-0.4, -0.2) is 11.1 Å². The number of unbranched alkanes of at least 4 members (excludes halogenated alkanes) is 4. The SMILES string of the molecule is CCCCCCCC12CCC(C(=O)O)(CC1)C(c1ccc(C#N)c(Br)c1)C2. The molecule has 0 amide bonds. The number of nitrogens with zero attached hydrogens (tertiary/aromatic N) is 1. The molecule has 3 aliphatic rings. The number of nitriles is 1. The molecule has 0 spiro atoms. The summed E-state index contributed by atoms with van der Waals surface area (Å²) in [5.74, 6) is -0.582. The topological polar surface area (TPSA) is 61.1 Å². The first-order chi connectivity index (χ1) is 13.0. The molecule has 0 saturated heterocycles. The minimum Gasteiger partial charge on any atom is -0.481 e. The van der Waals surface area contributed by atoms with Gasteiger partial charge in [0.1, 0.15) is 6.07 Å². The lowest BCUT2D eigenvalue weighted by Crippen LogP contribution is -2.50. The maximum Gasteiger partial charge on any atom is 0.310 e. The van der Waals surface area contributed by atoms with Crippen molar-refractivity contribution in [3.05, 3.63) is 33.8 Å². The van der Waals surface area contributed by atoms with Gasteiger partial charge in [-0.3, -0.25) is 4.79 Å². The van der Waals surface area contributed by atoms with Crippen LogP contribution in [0.4, 0.5) is 0 Å². The highest BCUT2D eigenvalue weighted by molar-refractivity contribution is 9.10. The van der Waals surface area contributed by atoms with Crippen molar-refractivity contribution in [3.63, 3.8) is 0 Å². The van der Waals surface area contributed by atoms with Crippen LogP contribution in [0.3, 0.4) is 0 Å². The van der Waals surface area contributed by atoms with Gasteiger partial charge in [-0.1, -0.05) is 45.1 Å². The summed E-state index contributed by atoms with van der Waals surface area (Å²) in [6.07, 6.45) is 12.4. The van der Waals surface area contributed by atoms with E-state index < -0.39 is 11.4 Å². The van der Waals surface area contributed by atoms with Crippen molar-refractivity contribution in [1.82, 2.24) is 0 Å². The van der Waals surface area contributed by atoms with Crippen molar-refractivity contribution >= 4 is 21.9 Å². The predicted octanol–water partition coefficient (Wildman–Crippen LogP) is 6.80. The number of hydrogen-bond donors (Lipinski definition) is 1. The highest BCUT2D eigenvalue weighted by Gasteiger charge is 2.58. The summed E-state index contributed by atoms with van der Waals surface area (Å²) in [6.45, 7) is 2.24. The minimum atomic E-state index is -0.635. The maximum atomic E-state index is 12.3. The Balaban J connectivity index is 1.81. The summed E-state index contributed by atoms with van der Waals surface area (Å²) in [5.41, 5.74) is 1.37. The third-order valence-electron chi connectivity index (χ3n) is 7.26. The molecule has 4 rings (SSSR count). The number of aliphatic carboxylic acids is 1. The zero-order valence-corrected chi connectivity index (χ0v) is 17.9. The first kappa shape index (κ1) is 20.4. The van der Waals surface area contributed by atoms with Gasteiger partial charge >= 0.3 is 5.97 Å². The Labute approximate surface area is 171 Å². The molecule has 0 aliphatic heterocycles. The van der Waals surface area contributed by atoms with Crippen LogP contribution < -0.4 is 0 Å². The molecule has 3 saturated carbocycles. The lowest BCUT2D eigenvalue weighted by molar-refractivity contribution is -0.162. The molecule has 1 N–H and O–H groups in total. The molecule has 4 heteroatoms. The average Bonchev–Trinajstić information content (AvgIpc) is 2.68. The van der Waals surface area contributed by atoms with Crippen LogP contribution in [0.2, 0.25) is 0 Å². The van der Waals surface area contributed by atoms with Gasteiger partial charge < -0.3 is 5.11 Å². The van der Waals surface area contributed by atoms with Crippen molar-refractivity contribution in [2.24, 2.45) is 10.8 Å². The van der Waals surface area contributed by atoms with Gasteiger partial charge in [0.2, 0.25) is 0 Å². The smallest absolute Gasteiger partial charge is 0.310 e. The molecule has 1 unspecified atom stereocenters. The molecular weight excluding hydrogens is 402 g/mol. The summed E-state index contributed by atoms with van der Waals surface area (Å²) in [4.78, 5) is 12.3. The molecule has 1 atom stereocenters. The van der Waals surface area contributed by atoms with E-state index in [-0.39, 0.29) is 5.92 Å². The zero-order chi connectivity index (χ0) is 19.5. The van der Waals surface area contributed by atoms with Crippen LogP contribution in [0, 0.1) is 22.2 Å². The molecule has 146 valence electrons. The van der Waals surface area contributed by atoms with Gasteiger partial charge in [-0.15, -0.1) is 0 Å². The number of rotatable bonds is 8. The first-order valence-electron chi connectivity index (χ1n) is 10.4. The monoisotopic (exact) mass is 431 g/mol. The van der Waals surface area contributed by atoms with Crippen LogP contribution >= 0.6 is 15.9 Å². The third kappa shape index (κ3) is 3.94. The molecule has 3 aliphatic carbocycles. The molecular formula is C23H30BrNO2. The first-order valence-corrected chi connectivity index (χ1v) is 11.2. The van der Waals surface area contributed by atoms with Crippen LogP contribution in [0.15, 0.2) is 22.7 Å². The van der Waals surface area contributed by atoms with Gasteiger partial charge in [0.05, 0.1) is 11.0 Å². The van der Waals surface area contributed by atoms with E-state index in [4.69, 9.17) is 0 Å². The molecule has 1 aromatic carbocycles. The van der Waals surface area contributed by atoms with Crippen LogP contribution in [0.5, 0.6) is 0 Å². The largest absolute Gasteiger partial charge is 0.481 e. The van der Waals surface area contributed by atoms with E-state index >= 15 is 0 Å². The van der Waals surface area contributed by atoms with E-state index in [2.05, 4.69) is 28.9 Å². The maximum absolute atomic E-state index is 12.3. The fourth-order valence-electron chi connectivity index (χ4n) is 5.50. The van der Waals surface area contributed by atoms with Gasteiger partial charge in [-0.25, -0.2) is 0 Å². The molecule has 27 heavy (non-hydrogen) atoms. The number of fused-ring (bicyclic) bond motifs is 3. The van der Waals surface area contributed by atoms with Crippen LogP contribution in [-0.2, 0) is 4.79 Å². The fourth-order valence-corrected chi connectivity index (χ4v) is 5.99. The number of carboxylic acids is 1. The van der Waals surface area contributed by atoms with Gasteiger partial charge in [0.25, 0.3) is 0 Å². The number of carboxylic acid groups (broad SMARTS) is 1. The summed E-state index contributed by atoms with van der Waals surface area (Å²) in [7, 11) is 0. The number of hydrogen-bond acceptors (Lipinski definition) is 2. The number of carbonyl (C=O) groups is 1. The predicted molar refractivity (Wildman–Crippen MR) is 111 cm³/mol. The van der Waals surface area contributed by atoms with Gasteiger partial charge in [0, 0.05) is 10.4 Å². The summed E-state index contributed by atoms with van der Waals surface area (Å²) in [5, 5.41) is 19.3. The Morgan fingerprint density at radius 3 is 2.52 bits per heavy atom. The fraction of sp³-hybridized carbons (Fsp3) is 0.652. The molecule has 2 bridgehead atoms. The molecule has 3 fully saturated rings. The normalized spacial score (nSPS) is 29.4. The van der Waals surface area contributed by atoms with Crippen molar-refractivity contribution in [2.75, 3.05) is 0 Å². The van der Waals surface area contributed by atoms with Crippen LogP contribution in [0.25, 0.3) is 0 Å². The second kappa shape index (κ2) is 8.35. The highest BCUT2D eigenvalue weighted by Crippen LogP contribution is 2.64. The number of halogens is 1. The number of benzene rings is 1. The van der Waals surface area contributed by atoms with E-state index in [1.165, 1.54) is 38.5 Å².